The molecule has 0 bridgehead atoms. The fourth-order valence-corrected chi connectivity index (χ4v) is 0.687. The lowest BCUT2D eigenvalue weighted by atomic mass is 10.3. The van der Waals surface area contributed by atoms with Crippen molar-refractivity contribution in [2.45, 2.75) is 25.7 Å². The van der Waals surface area contributed by atoms with Crippen molar-refractivity contribution < 1.29 is 19.4 Å². The SMILES string of the molecule is CC1(C)OCC(O)C(=O)O1. The van der Waals surface area contributed by atoms with E-state index in [9.17, 15) is 4.79 Å². The van der Waals surface area contributed by atoms with Crippen molar-refractivity contribution >= 4 is 5.97 Å². The summed E-state index contributed by atoms with van der Waals surface area (Å²) in [7, 11) is 0. The van der Waals surface area contributed by atoms with Gasteiger partial charge in [0.1, 0.15) is 0 Å². The number of carbonyl (C=O) groups excluding carboxylic acids is 1. The molecule has 1 rings (SSSR count). The van der Waals surface area contributed by atoms with Gasteiger partial charge in [0.05, 0.1) is 6.61 Å². The number of cyclic esters (lactones) is 1. The third kappa shape index (κ3) is 1.46. The van der Waals surface area contributed by atoms with Crippen molar-refractivity contribution in [3.63, 3.8) is 0 Å². The topological polar surface area (TPSA) is 55.8 Å². The van der Waals surface area contributed by atoms with Crippen LogP contribution in [0.15, 0.2) is 0 Å². The van der Waals surface area contributed by atoms with Crippen LogP contribution in [0.3, 0.4) is 0 Å². The standard InChI is InChI=1S/C6H10O4/c1-6(2)9-3-4(7)5(8)10-6/h4,7H,3H2,1-2H3. The predicted octanol–water partition coefficient (Wildman–Crippen LogP) is -0.343. The van der Waals surface area contributed by atoms with Gasteiger partial charge in [-0.15, -0.1) is 0 Å². The van der Waals surface area contributed by atoms with Crippen molar-refractivity contribution in [3.05, 3.63) is 0 Å². The molecule has 1 fully saturated rings. The zero-order chi connectivity index (χ0) is 7.78. The van der Waals surface area contributed by atoms with Crippen molar-refractivity contribution in [2.24, 2.45) is 0 Å². The van der Waals surface area contributed by atoms with Crippen LogP contribution in [0.2, 0.25) is 0 Å². The maximum atomic E-state index is 10.7. The van der Waals surface area contributed by atoms with E-state index < -0.39 is 17.9 Å². The second kappa shape index (κ2) is 2.21. The Labute approximate surface area is 58.7 Å². The molecule has 0 spiro atoms. The van der Waals surface area contributed by atoms with E-state index in [1.807, 2.05) is 0 Å². The average molecular weight is 146 g/mol. The van der Waals surface area contributed by atoms with Gasteiger partial charge in [0, 0.05) is 13.8 Å². The summed E-state index contributed by atoms with van der Waals surface area (Å²) in [6.07, 6.45) is -1.12. The lowest BCUT2D eigenvalue weighted by Gasteiger charge is -2.31. The maximum Gasteiger partial charge on any atom is 0.339 e. The van der Waals surface area contributed by atoms with Gasteiger partial charge in [-0.3, -0.25) is 0 Å². The molecule has 0 aromatic rings. The highest BCUT2D eigenvalue weighted by atomic mass is 16.7. The number of esters is 1. The largest absolute Gasteiger partial charge is 0.432 e. The van der Waals surface area contributed by atoms with Crippen LogP contribution in [0, 0.1) is 0 Å². The number of ether oxygens (including phenoxy) is 2. The summed E-state index contributed by atoms with van der Waals surface area (Å²) >= 11 is 0. The van der Waals surface area contributed by atoms with Crippen molar-refractivity contribution in [1.82, 2.24) is 0 Å². The highest BCUT2D eigenvalue weighted by molar-refractivity contribution is 5.75. The Morgan fingerprint density at radius 1 is 1.70 bits per heavy atom. The zero-order valence-corrected chi connectivity index (χ0v) is 5.96. The van der Waals surface area contributed by atoms with E-state index in [-0.39, 0.29) is 6.61 Å². The average Bonchev–Trinajstić information content (AvgIpc) is 1.79. The van der Waals surface area contributed by atoms with Crippen LogP contribution in [0.1, 0.15) is 13.8 Å². The minimum absolute atomic E-state index is 0.0197. The number of aliphatic hydroxyl groups is 1. The Hall–Kier alpha value is -0.610. The molecule has 58 valence electrons. The van der Waals surface area contributed by atoms with E-state index in [4.69, 9.17) is 9.84 Å². The normalized spacial score (nSPS) is 31.5. The molecule has 4 nitrogen and oxygen atoms in total. The molecule has 1 saturated heterocycles. The Kier molecular flexibility index (Phi) is 1.66. The van der Waals surface area contributed by atoms with Crippen molar-refractivity contribution in [2.75, 3.05) is 6.61 Å². The highest BCUT2D eigenvalue weighted by Crippen LogP contribution is 2.17. The molecule has 0 aromatic heterocycles. The minimum atomic E-state index is -1.12. The molecule has 0 saturated carbocycles. The molecule has 4 heteroatoms. The van der Waals surface area contributed by atoms with Crippen LogP contribution in [-0.4, -0.2) is 29.6 Å². The van der Waals surface area contributed by atoms with Gasteiger partial charge in [0.2, 0.25) is 5.79 Å². The lowest BCUT2D eigenvalue weighted by molar-refractivity contribution is -0.255. The van der Waals surface area contributed by atoms with E-state index >= 15 is 0 Å². The van der Waals surface area contributed by atoms with Gasteiger partial charge < -0.3 is 14.6 Å². The van der Waals surface area contributed by atoms with Crippen LogP contribution < -0.4 is 0 Å². The third-order valence-corrected chi connectivity index (χ3v) is 1.21. The van der Waals surface area contributed by atoms with E-state index in [1.165, 1.54) is 0 Å². The smallest absolute Gasteiger partial charge is 0.339 e. The highest BCUT2D eigenvalue weighted by Gasteiger charge is 2.34. The summed E-state index contributed by atoms with van der Waals surface area (Å²) in [5.41, 5.74) is 0. The maximum absolute atomic E-state index is 10.7. The predicted molar refractivity (Wildman–Crippen MR) is 32.1 cm³/mol. The quantitative estimate of drug-likeness (QED) is 0.475. The fourth-order valence-electron chi connectivity index (χ4n) is 0.687. The number of hydrogen-bond donors (Lipinski definition) is 1. The Morgan fingerprint density at radius 2 is 2.30 bits per heavy atom. The molecule has 10 heavy (non-hydrogen) atoms. The first-order chi connectivity index (χ1) is 4.51. The Bertz CT molecular complexity index is 152. The van der Waals surface area contributed by atoms with Crippen LogP contribution in [0.4, 0.5) is 0 Å². The second-order valence-corrected chi connectivity index (χ2v) is 2.65. The zero-order valence-electron chi connectivity index (χ0n) is 5.96. The minimum Gasteiger partial charge on any atom is -0.432 e. The molecule has 0 aliphatic carbocycles. The number of aliphatic hydroxyl groups excluding tert-OH is 1. The monoisotopic (exact) mass is 146 g/mol. The molecule has 1 atom stereocenters. The first-order valence-corrected chi connectivity index (χ1v) is 3.06. The van der Waals surface area contributed by atoms with Crippen LogP contribution in [0.5, 0.6) is 0 Å². The summed E-state index contributed by atoms with van der Waals surface area (Å²) in [4.78, 5) is 10.7. The van der Waals surface area contributed by atoms with E-state index in [0.29, 0.717) is 0 Å². The third-order valence-electron chi connectivity index (χ3n) is 1.21. The van der Waals surface area contributed by atoms with Crippen LogP contribution in [-0.2, 0) is 14.3 Å². The number of rotatable bonds is 0. The van der Waals surface area contributed by atoms with Gasteiger partial charge in [-0.05, 0) is 0 Å². The molecule has 0 radical (unpaired) electrons. The number of carbonyl (C=O) groups is 1. The van der Waals surface area contributed by atoms with Crippen LogP contribution in [0.25, 0.3) is 0 Å². The van der Waals surface area contributed by atoms with Gasteiger partial charge in [0.15, 0.2) is 6.10 Å². The van der Waals surface area contributed by atoms with Crippen molar-refractivity contribution in [1.29, 1.82) is 0 Å². The molecule has 0 aromatic carbocycles. The molecule has 1 aliphatic heterocycles. The molecular formula is C6H10O4. The Morgan fingerprint density at radius 3 is 2.70 bits per heavy atom. The molecule has 0 amide bonds. The van der Waals surface area contributed by atoms with Gasteiger partial charge in [-0.2, -0.15) is 0 Å². The lowest BCUT2D eigenvalue weighted by Crippen LogP contribution is -2.45. The first kappa shape index (κ1) is 7.50. The van der Waals surface area contributed by atoms with E-state index in [0.717, 1.165) is 0 Å². The molecule has 1 unspecified atom stereocenters. The molecule has 1 heterocycles. The van der Waals surface area contributed by atoms with Gasteiger partial charge in [-0.25, -0.2) is 4.79 Å². The summed E-state index contributed by atoms with van der Waals surface area (Å²) in [5, 5.41) is 8.81. The summed E-state index contributed by atoms with van der Waals surface area (Å²) in [5.74, 6) is -1.49. The molecule has 1 N–H and O–H groups in total. The summed E-state index contributed by atoms with van der Waals surface area (Å²) < 4.78 is 9.63. The fraction of sp³-hybridized carbons (Fsp3) is 0.833. The van der Waals surface area contributed by atoms with Gasteiger partial charge in [-0.1, -0.05) is 0 Å². The molecule has 1 aliphatic rings. The Balaban J connectivity index is 2.57. The second-order valence-electron chi connectivity index (χ2n) is 2.65. The molecular weight excluding hydrogens is 136 g/mol. The van der Waals surface area contributed by atoms with Crippen molar-refractivity contribution in [3.8, 4) is 0 Å². The first-order valence-electron chi connectivity index (χ1n) is 3.06. The van der Waals surface area contributed by atoms with E-state index in [2.05, 4.69) is 4.74 Å². The summed E-state index contributed by atoms with van der Waals surface area (Å²) in [6.45, 7) is 3.26. The van der Waals surface area contributed by atoms with Gasteiger partial charge >= 0.3 is 5.97 Å². The number of hydrogen-bond acceptors (Lipinski definition) is 4. The van der Waals surface area contributed by atoms with Gasteiger partial charge in [0.25, 0.3) is 0 Å². The summed E-state index contributed by atoms with van der Waals surface area (Å²) in [6, 6.07) is 0. The van der Waals surface area contributed by atoms with E-state index in [1.54, 1.807) is 13.8 Å². The van der Waals surface area contributed by atoms with Crippen LogP contribution >= 0.6 is 0 Å².